The van der Waals surface area contributed by atoms with Crippen molar-refractivity contribution >= 4 is 17.7 Å². The van der Waals surface area contributed by atoms with Crippen LogP contribution in [0.15, 0.2) is 52.2 Å². The van der Waals surface area contributed by atoms with E-state index in [0.717, 1.165) is 25.0 Å². The molecule has 8 heteroatoms. The van der Waals surface area contributed by atoms with E-state index < -0.39 is 0 Å². The zero-order valence-electron chi connectivity index (χ0n) is 14.2. The van der Waals surface area contributed by atoms with Crippen LogP contribution < -0.4 is 5.32 Å². The van der Waals surface area contributed by atoms with Crippen LogP contribution in [0.3, 0.4) is 0 Å². The van der Waals surface area contributed by atoms with E-state index in [1.165, 1.54) is 22.9 Å². The van der Waals surface area contributed by atoms with Gasteiger partial charge >= 0.3 is 0 Å². The molecule has 3 aromatic rings. The van der Waals surface area contributed by atoms with Crippen molar-refractivity contribution in [2.24, 2.45) is 0 Å². The molecule has 1 N–H and O–H groups in total. The topological polar surface area (TPSA) is 85.8 Å². The van der Waals surface area contributed by atoms with Crippen molar-refractivity contribution in [2.75, 3.05) is 5.75 Å². The molecule has 134 valence electrons. The second kappa shape index (κ2) is 7.74. The molecule has 1 aliphatic rings. The first kappa shape index (κ1) is 16.8. The van der Waals surface area contributed by atoms with Gasteiger partial charge in [-0.2, -0.15) is 0 Å². The summed E-state index contributed by atoms with van der Waals surface area (Å²) < 4.78 is 6.95. The van der Waals surface area contributed by atoms with Crippen LogP contribution in [0.4, 0.5) is 0 Å². The minimum Gasteiger partial charge on any atom is -0.467 e. The molecule has 0 fully saturated rings. The molecular weight excluding hydrogens is 350 g/mol. The molecule has 1 aliphatic carbocycles. The Hall–Kier alpha value is -2.61. The van der Waals surface area contributed by atoms with E-state index >= 15 is 0 Å². The smallest absolute Gasteiger partial charge is 0.230 e. The maximum atomic E-state index is 12.4. The van der Waals surface area contributed by atoms with Gasteiger partial charge in [-0.3, -0.25) is 4.79 Å². The number of aromatic nitrogens is 4. The summed E-state index contributed by atoms with van der Waals surface area (Å²) in [6.07, 6.45) is 4.76. The number of amides is 1. The van der Waals surface area contributed by atoms with Crippen molar-refractivity contribution in [3.8, 4) is 0 Å². The molecule has 0 aliphatic heterocycles. The molecule has 0 spiro atoms. The summed E-state index contributed by atoms with van der Waals surface area (Å²) in [7, 11) is 0. The number of hydrogen-bond donors (Lipinski definition) is 1. The number of tetrazole rings is 1. The highest BCUT2D eigenvalue weighted by atomic mass is 32.2. The lowest BCUT2D eigenvalue weighted by Crippen LogP contribution is -2.32. The summed E-state index contributed by atoms with van der Waals surface area (Å²) in [6.45, 7) is 0.444. The molecule has 1 unspecified atom stereocenters. The molecule has 1 amide bonds. The zero-order valence-corrected chi connectivity index (χ0v) is 15.0. The number of carbonyl (C=O) groups is 1. The number of nitrogens with one attached hydrogen (secondary N) is 1. The molecule has 0 bridgehead atoms. The normalized spacial score (nSPS) is 16.2. The molecule has 1 atom stereocenters. The van der Waals surface area contributed by atoms with Gasteiger partial charge in [0.1, 0.15) is 12.3 Å². The fourth-order valence-electron chi connectivity index (χ4n) is 3.22. The van der Waals surface area contributed by atoms with E-state index in [-0.39, 0.29) is 17.7 Å². The average molecular weight is 369 g/mol. The number of furan rings is 1. The van der Waals surface area contributed by atoms with E-state index in [4.69, 9.17) is 4.42 Å². The molecule has 0 saturated carbocycles. The maximum absolute atomic E-state index is 12.4. The van der Waals surface area contributed by atoms with Crippen LogP contribution in [0.25, 0.3) is 0 Å². The van der Waals surface area contributed by atoms with Gasteiger partial charge in [0.05, 0.1) is 18.1 Å². The molecule has 7 nitrogen and oxygen atoms in total. The van der Waals surface area contributed by atoms with Crippen LogP contribution in [0.5, 0.6) is 0 Å². The summed E-state index contributed by atoms with van der Waals surface area (Å²) in [5.74, 6) is 1.03. The first-order valence-corrected chi connectivity index (χ1v) is 9.56. The average Bonchev–Trinajstić information content (AvgIpc) is 3.33. The van der Waals surface area contributed by atoms with Crippen molar-refractivity contribution < 1.29 is 9.21 Å². The predicted molar refractivity (Wildman–Crippen MR) is 96.6 cm³/mol. The fourth-order valence-corrected chi connectivity index (χ4v) is 3.91. The summed E-state index contributed by atoms with van der Waals surface area (Å²) in [5.41, 5.74) is 2.57. The molecule has 0 saturated heterocycles. The highest BCUT2D eigenvalue weighted by Gasteiger charge is 2.21. The molecule has 4 rings (SSSR count). The third-order valence-corrected chi connectivity index (χ3v) is 5.38. The van der Waals surface area contributed by atoms with Crippen LogP contribution in [0.2, 0.25) is 0 Å². The van der Waals surface area contributed by atoms with Gasteiger partial charge in [0.25, 0.3) is 0 Å². The number of benzene rings is 1. The third kappa shape index (κ3) is 3.80. The number of hydrogen-bond acceptors (Lipinski definition) is 6. The van der Waals surface area contributed by atoms with Gasteiger partial charge in [-0.15, -0.1) is 5.10 Å². The Bertz CT molecular complexity index is 877. The molecule has 2 heterocycles. The van der Waals surface area contributed by atoms with Gasteiger partial charge in [-0.05, 0) is 52.9 Å². The maximum Gasteiger partial charge on any atom is 0.230 e. The van der Waals surface area contributed by atoms with Crippen LogP contribution in [-0.4, -0.2) is 31.9 Å². The molecule has 1 aromatic carbocycles. The van der Waals surface area contributed by atoms with Crippen molar-refractivity contribution in [3.05, 3.63) is 59.5 Å². The minimum absolute atomic E-state index is 0.00995. The number of thioether (sulfide) groups is 1. The largest absolute Gasteiger partial charge is 0.467 e. The lowest BCUT2D eigenvalue weighted by Gasteiger charge is -2.26. The Labute approximate surface area is 155 Å². The third-order valence-electron chi connectivity index (χ3n) is 4.42. The highest BCUT2D eigenvalue weighted by molar-refractivity contribution is 7.99. The van der Waals surface area contributed by atoms with Crippen molar-refractivity contribution in [1.29, 1.82) is 0 Å². The quantitative estimate of drug-likeness (QED) is 0.672. The second-order valence-electron chi connectivity index (χ2n) is 6.20. The summed E-state index contributed by atoms with van der Waals surface area (Å²) >= 11 is 1.33. The molecule has 2 aromatic heterocycles. The van der Waals surface area contributed by atoms with Gasteiger partial charge in [-0.1, -0.05) is 36.0 Å². The second-order valence-corrected chi connectivity index (χ2v) is 7.14. The van der Waals surface area contributed by atoms with Gasteiger partial charge < -0.3 is 9.73 Å². The standard InChI is InChI=1S/C18H19N5O2S/c24-17(19-16-9-3-6-13-5-1-2-8-15(13)16)12-26-18-20-21-22-23(18)11-14-7-4-10-25-14/h1-2,4-5,7-8,10,16H,3,6,9,11-12H2,(H,19,24). The Morgan fingerprint density at radius 2 is 2.23 bits per heavy atom. The predicted octanol–water partition coefficient (Wildman–Crippen LogP) is 2.60. The number of nitrogens with zero attached hydrogens (tertiary/aromatic N) is 4. The lowest BCUT2D eigenvalue weighted by molar-refractivity contribution is -0.119. The zero-order chi connectivity index (χ0) is 17.8. The highest BCUT2D eigenvalue weighted by Crippen LogP contribution is 2.29. The van der Waals surface area contributed by atoms with E-state index in [0.29, 0.717) is 11.7 Å². The Kier molecular flexibility index (Phi) is 5.01. The van der Waals surface area contributed by atoms with Gasteiger partial charge in [0.15, 0.2) is 0 Å². The lowest BCUT2D eigenvalue weighted by atomic mass is 9.88. The van der Waals surface area contributed by atoms with Crippen molar-refractivity contribution in [3.63, 3.8) is 0 Å². The summed E-state index contributed by atoms with van der Waals surface area (Å²) in [6, 6.07) is 12.1. The summed E-state index contributed by atoms with van der Waals surface area (Å²) in [4.78, 5) is 12.4. The fraction of sp³-hybridized carbons (Fsp3) is 0.333. The van der Waals surface area contributed by atoms with Crippen molar-refractivity contribution in [2.45, 2.75) is 37.0 Å². The van der Waals surface area contributed by atoms with Gasteiger partial charge in [0, 0.05) is 0 Å². The van der Waals surface area contributed by atoms with Gasteiger partial charge in [0.2, 0.25) is 11.1 Å². The van der Waals surface area contributed by atoms with E-state index in [1.54, 1.807) is 10.9 Å². The Balaban J connectivity index is 1.35. The van der Waals surface area contributed by atoms with Crippen LogP contribution in [0.1, 0.15) is 35.8 Å². The SMILES string of the molecule is O=C(CSc1nnnn1Cc1ccco1)NC1CCCc2ccccc21. The minimum atomic E-state index is -0.00995. The monoisotopic (exact) mass is 369 g/mol. The summed E-state index contributed by atoms with van der Waals surface area (Å²) in [5, 5.41) is 15.4. The molecular formula is C18H19N5O2S. The van der Waals surface area contributed by atoms with Crippen molar-refractivity contribution in [1.82, 2.24) is 25.5 Å². The Morgan fingerprint density at radius 3 is 3.12 bits per heavy atom. The number of carbonyl (C=O) groups excluding carboxylic acids is 1. The van der Waals surface area contributed by atoms with Crippen LogP contribution in [-0.2, 0) is 17.8 Å². The number of aryl methyl sites for hydroxylation is 1. The van der Waals surface area contributed by atoms with E-state index in [2.05, 4.69) is 39.0 Å². The first-order valence-electron chi connectivity index (χ1n) is 8.58. The number of fused-ring (bicyclic) bond motifs is 1. The van der Waals surface area contributed by atoms with E-state index in [1.807, 2.05) is 18.2 Å². The Morgan fingerprint density at radius 1 is 1.31 bits per heavy atom. The number of rotatable bonds is 6. The first-order chi connectivity index (χ1) is 12.8. The molecule has 26 heavy (non-hydrogen) atoms. The molecule has 0 radical (unpaired) electrons. The van der Waals surface area contributed by atoms with Gasteiger partial charge in [-0.25, -0.2) is 4.68 Å². The van der Waals surface area contributed by atoms with Crippen LogP contribution in [0, 0.1) is 0 Å². The van der Waals surface area contributed by atoms with Crippen LogP contribution >= 0.6 is 11.8 Å². The van der Waals surface area contributed by atoms with E-state index in [9.17, 15) is 4.79 Å².